The minimum absolute atomic E-state index is 0.0868. The van der Waals surface area contributed by atoms with Gasteiger partial charge in [-0.05, 0) is 61.0 Å². The maximum absolute atomic E-state index is 14.4. The van der Waals surface area contributed by atoms with E-state index in [4.69, 9.17) is 32.7 Å². The number of nitrogens with zero attached hydrogens (tertiary/aromatic N) is 1. The number of carboxylic acids is 1. The second-order valence-electron chi connectivity index (χ2n) is 8.46. The van der Waals surface area contributed by atoms with E-state index in [9.17, 15) is 19.1 Å². The van der Waals surface area contributed by atoms with Gasteiger partial charge in [-0.3, -0.25) is 9.59 Å². The first-order valence-electron chi connectivity index (χ1n) is 11.5. The Bertz CT molecular complexity index is 1530. The average Bonchev–Trinajstić information content (AvgIpc) is 2.90. The van der Waals surface area contributed by atoms with Crippen molar-refractivity contribution in [1.82, 2.24) is 4.98 Å². The Hall–Kier alpha value is -4.14. The van der Waals surface area contributed by atoms with E-state index in [0.717, 1.165) is 0 Å². The largest absolute Gasteiger partial charge is 0.493 e. The number of carbonyl (C=O) groups is 2. The van der Waals surface area contributed by atoms with Gasteiger partial charge in [0.25, 0.3) is 5.91 Å². The highest BCUT2D eigenvalue weighted by atomic mass is 35.5. The number of anilines is 1. The van der Waals surface area contributed by atoms with Gasteiger partial charge in [0.2, 0.25) is 0 Å². The normalized spacial score (nSPS) is 14.2. The van der Waals surface area contributed by atoms with Crippen LogP contribution in [0.4, 0.5) is 10.2 Å². The average molecular weight is 553 g/mol. The van der Waals surface area contributed by atoms with Crippen LogP contribution in [0.1, 0.15) is 28.3 Å². The highest BCUT2D eigenvalue weighted by Crippen LogP contribution is 2.41. The number of fused-ring (bicyclic) bond motifs is 1. The minimum Gasteiger partial charge on any atom is -0.493 e. The van der Waals surface area contributed by atoms with Gasteiger partial charge in [-0.25, -0.2) is 9.37 Å². The van der Waals surface area contributed by atoms with Crippen LogP contribution in [0, 0.1) is 5.82 Å². The zero-order valence-electron chi connectivity index (χ0n) is 19.6. The molecule has 192 valence electrons. The molecule has 0 aliphatic carbocycles. The Morgan fingerprint density at radius 1 is 1.03 bits per heavy atom. The molecule has 0 fully saturated rings. The predicted octanol–water partition coefficient (Wildman–Crippen LogP) is 7.19. The molecule has 0 bridgehead atoms. The summed E-state index contributed by atoms with van der Waals surface area (Å²) in [6.07, 6.45) is 0.359. The third-order valence-corrected chi connectivity index (χ3v) is 6.50. The lowest BCUT2D eigenvalue weighted by Gasteiger charge is -2.24. The van der Waals surface area contributed by atoms with Gasteiger partial charge in [0.1, 0.15) is 34.6 Å². The summed E-state index contributed by atoms with van der Waals surface area (Å²) in [5.74, 6) is -1.33. The molecule has 1 unspecified atom stereocenters. The summed E-state index contributed by atoms with van der Waals surface area (Å²) in [5.41, 5.74) is 1.43. The number of hydrogen-bond donors (Lipinski definition) is 2. The van der Waals surface area contributed by atoms with Crippen molar-refractivity contribution in [2.24, 2.45) is 0 Å². The van der Waals surface area contributed by atoms with Crippen molar-refractivity contribution in [2.75, 3.05) is 11.9 Å². The lowest BCUT2D eigenvalue weighted by molar-refractivity contribution is -0.139. The number of rotatable bonds is 6. The van der Waals surface area contributed by atoms with Crippen LogP contribution in [-0.2, 0) is 4.79 Å². The quantitative estimate of drug-likeness (QED) is 0.262. The lowest BCUT2D eigenvalue weighted by atomic mass is 9.93. The molecule has 1 atom stereocenters. The van der Waals surface area contributed by atoms with Crippen LogP contribution in [0.5, 0.6) is 17.2 Å². The molecule has 1 aromatic heterocycles. The summed E-state index contributed by atoms with van der Waals surface area (Å²) in [6, 6.07) is 18.5. The van der Waals surface area contributed by atoms with Crippen molar-refractivity contribution in [3.05, 3.63) is 99.8 Å². The first-order chi connectivity index (χ1) is 18.3. The second-order valence-corrected chi connectivity index (χ2v) is 9.31. The molecule has 0 saturated heterocycles. The van der Waals surface area contributed by atoms with E-state index in [-0.39, 0.29) is 23.1 Å². The Kier molecular flexibility index (Phi) is 7.18. The molecule has 2 heterocycles. The van der Waals surface area contributed by atoms with E-state index in [1.807, 2.05) is 0 Å². The predicted molar refractivity (Wildman–Crippen MR) is 141 cm³/mol. The van der Waals surface area contributed by atoms with E-state index in [0.29, 0.717) is 45.4 Å². The SMILES string of the molecule is O=C(Nc1ccc(F)c(-c2ccc(Cl)cc2)n1)c1ccc(Oc2cc3c(cc2Cl)C(C(=O)O)CCO3)cc1. The van der Waals surface area contributed by atoms with Crippen molar-refractivity contribution in [1.29, 1.82) is 0 Å². The molecule has 10 heteroatoms. The highest BCUT2D eigenvalue weighted by Gasteiger charge is 2.29. The number of carboxylic acid groups (broad SMARTS) is 1. The van der Waals surface area contributed by atoms with Crippen LogP contribution in [0.15, 0.2) is 72.8 Å². The third kappa shape index (κ3) is 5.41. The molecule has 38 heavy (non-hydrogen) atoms. The number of ether oxygens (including phenoxy) is 2. The van der Waals surface area contributed by atoms with Gasteiger partial charge in [-0.1, -0.05) is 35.3 Å². The molecule has 1 aliphatic rings. The van der Waals surface area contributed by atoms with Crippen molar-refractivity contribution in [3.63, 3.8) is 0 Å². The number of benzene rings is 3. The zero-order valence-corrected chi connectivity index (χ0v) is 21.1. The van der Waals surface area contributed by atoms with Crippen molar-refractivity contribution in [2.45, 2.75) is 12.3 Å². The Morgan fingerprint density at radius 2 is 1.76 bits per heavy atom. The van der Waals surface area contributed by atoms with Crippen LogP contribution >= 0.6 is 23.2 Å². The molecule has 0 spiro atoms. The van der Waals surface area contributed by atoms with Crippen LogP contribution in [-0.4, -0.2) is 28.6 Å². The van der Waals surface area contributed by atoms with Gasteiger partial charge in [-0.2, -0.15) is 0 Å². The summed E-state index contributed by atoms with van der Waals surface area (Å²) in [4.78, 5) is 28.5. The third-order valence-electron chi connectivity index (χ3n) is 5.95. The molecular formula is C28H19Cl2FN2O5. The fourth-order valence-corrected chi connectivity index (χ4v) is 4.37. The number of nitrogens with one attached hydrogen (secondary N) is 1. The van der Waals surface area contributed by atoms with E-state index >= 15 is 0 Å². The van der Waals surface area contributed by atoms with Crippen LogP contribution in [0.25, 0.3) is 11.3 Å². The first kappa shape index (κ1) is 25.5. The summed E-state index contributed by atoms with van der Waals surface area (Å²) in [6.45, 7) is 0.277. The summed E-state index contributed by atoms with van der Waals surface area (Å²) >= 11 is 12.3. The lowest BCUT2D eigenvalue weighted by Crippen LogP contribution is -2.20. The van der Waals surface area contributed by atoms with Crippen molar-refractivity contribution < 1.29 is 28.6 Å². The number of amides is 1. The monoisotopic (exact) mass is 552 g/mol. The zero-order chi connectivity index (χ0) is 26.8. The van der Waals surface area contributed by atoms with Crippen LogP contribution < -0.4 is 14.8 Å². The number of carbonyl (C=O) groups excluding carboxylic acids is 1. The van der Waals surface area contributed by atoms with E-state index in [1.54, 1.807) is 60.7 Å². The molecular weight excluding hydrogens is 534 g/mol. The minimum atomic E-state index is -0.940. The summed E-state index contributed by atoms with van der Waals surface area (Å²) in [5, 5.41) is 12.9. The fourth-order valence-electron chi connectivity index (χ4n) is 4.04. The van der Waals surface area contributed by atoms with E-state index in [2.05, 4.69) is 10.3 Å². The molecule has 0 radical (unpaired) electrons. The molecule has 1 amide bonds. The van der Waals surface area contributed by atoms with Gasteiger partial charge < -0.3 is 19.9 Å². The Morgan fingerprint density at radius 3 is 2.47 bits per heavy atom. The second kappa shape index (κ2) is 10.7. The van der Waals surface area contributed by atoms with Gasteiger partial charge in [0.15, 0.2) is 0 Å². The van der Waals surface area contributed by atoms with Gasteiger partial charge >= 0.3 is 5.97 Å². The number of hydrogen-bond acceptors (Lipinski definition) is 5. The standard InChI is InChI=1S/C28H19Cl2FN2O5/c29-17-5-1-15(2-6-17)26-22(31)9-10-25(32-26)33-27(34)16-3-7-18(8-4-16)38-24-14-23-20(13-21(24)30)19(28(35)36)11-12-37-23/h1-10,13-14,19H,11-12H2,(H,35,36)(H,32,33,34). The van der Waals surface area contributed by atoms with Crippen LogP contribution in [0.2, 0.25) is 10.0 Å². The summed E-state index contributed by atoms with van der Waals surface area (Å²) in [7, 11) is 0. The van der Waals surface area contributed by atoms with Crippen molar-refractivity contribution in [3.8, 4) is 28.5 Å². The first-order valence-corrected chi connectivity index (χ1v) is 12.2. The van der Waals surface area contributed by atoms with E-state index < -0.39 is 23.6 Å². The maximum atomic E-state index is 14.4. The molecule has 7 nitrogen and oxygen atoms in total. The Labute approximate surface area is 226 Å². The van der Waals surface area contributed by atoms with Crippen LogP contribution in [0.3, 0.4) is 0 Å². The molecule has 5 rings (SSSR count). The number of halogens is 3. The number of pyridine rings is 1. The molecule has 4 aromatic rings. The van der Waals surface area contributed by atoms with Gasteiger partial charge in [-0.15, -0.1) is 0 Å². The molecule has 3 aromatic carbocycles. The highest BCUT2D eigenvalue weighted by molar-refractivity contribution is 6.32. The van der Waals surface area contributed by atoms with Crippen molar-refractivity contribution >= 4 is 40.9 Å². The summed E-state index contributed by atoms with van der Waals surface area (Å²) < 4.78 is 25.8. The topological polar surface area (TPSA) is 97.8 Å². The Balaban J connectivity index is 1.29. The maximum Gasteiger partial charge on any atom is 0.311 e. The molecule has 0 saturated carbocycles. The van der Waals surface area contributed by atoms with Gasteiger partial charge in [0, 0.05) is 27.8 Å². The number of aliphatic carboxylic acids is 1. The smallest absolute Gasteiger partial charge is 0.311 e. The number of aromatic nitrogens is 1. The molecule has 1 aliphatic heterocycles. The molecule has 2 N–H and O–H groups in total. The fraction of sp³-hybridized carbons (Fsp3) is 0.107. The van der Waals surface area contributed by atoms with Gasteiger partial charge in [0.05, 0.1) is 17.5 Å². The van der Waals surface area contributed by atoms with E-state index in [1.165, 1.54) is 12.1 Å².